The summed E-state index contributed by atoms with van der Waals surface area (Å²) in [5.74, 6) is 0. The van der Waals surface area contributed by atoms with Crippen LogP contribution in [0.3, 0.4) is 0 Å². The molecule has 0 saturated heterocycles. The lowest BCUT2D eigenvalue weighted by Gasteiger charge is -2.08. The summed E-state index contributed by atoms with van der Waals surface area (Å²) in [6.45, 7) is 3.50. The third kappa shape index (κ3) is 3.41. The summed E-state index contributed by atoms with van der Waals surface area (Å²) in [5.41, 5.74) is 2.10. The number of rotatable bonds is 4. The van der Waals surface area contributed by atoms with Crippen molar-refractivity contribution >= 4 is 43.0 Å². The lowest BCUT2D eigenvalue weighted by molar-refractivity contribution is 0.199. The number of benzene rings is 1. The molecule has 0 aliphatic rings. The molecule has 0 bridgehead atoms. The van der Waals surface area contributed by atoms with Gasteiger partial charge in [-0.2, -0.15) is 0 Å². The Hall–Kier alpha value is -0.890. The average Bonchev–Trinajstić information content (AvgIpc) is 2.71. The van der Waals surface area contributed by atoms with E-state index in [0.29, 0.717) is 5.69 Å². The molecule has 4 nitrogen and oxygen atoms in total. The normalized spacial score (nSPS) is 13.2. The summed E-state index contributed by atoms with van der Waals surface area (Å²) < 4.78 is 28.0. The van der Waals surface area contributed by atoms with Gasteiger partial charge < -0.3 is 5.11 Å². The van der Waals surface area contributed by atoms with Crippen molar-refractivity contribution in [3.05, 3.63) is 45.2 Å². The van der Waals surface area contributed by atoms with E-state index in [1.807, 2.05) is 6.92 Å². The molecule has 0 aliphatic carbocycles. The zero-order valence-electron chi connectivity index (χ0n) is 10.9. The number of hydrogen-bond acceptors (Lipinski definition) is 4. The highest BCUT2D eigenvalue weighted by atomic mass is 79.9. The van der Waals surface area contributed by atoms with E-state index in [0.717, 1.165) is 14.9 Å². The van der Waals surface area contributed by atoms with Gasteiger partial charge in [0.25, 0.3) is 10.0 Å². The number of aliphatic hydroxyl groups is 1. The predicted octanol–water partition coefficient (Wildman–Crippen LogP) is 3.67. The molecule has 0 saturated carbocycles. The second kappa shape index (κ2) is 5.85. The van der Waals surface area contributed by atoms with Gasteiger partial charge in [0.1, 0.15) is 4.21 Å². The molecule has 1 atom stereocenters. The molecule has 20 heavy (non-hydrogen) atoms. The van der Waals surface area contributed by atoms with Gasteiger partial charge in [-0.3, -0.25) is 4.72 Å². The Morgan fingerprint density at radius 3 is 2.35 bits per heavy atom. The van der Waals surface area contributed by atoms with Gasteiger partial charge in [0.05, 0.1) is 9.89 Å². The standard InChI is InChI=1S/C13H14BrNO3S2/c1-8-7-12(19-13(8)14)20(17,18)15-11-5-3-10(4-6-11)9(2)16/h3-7,9,15-16H,1-2H3. The lowest BCUT2D eigenvalue weighted by Crippen LogP contribution is -2.11. The first-order valence-electron chi connectivity index (χ1n) is 5.86. The number of thiophene rings is 1. The summed E-state index contributed by atoms with van der Waals surface area (Å²) in [5, 5.41) is 9.42. The van der Waals surface area contributed by atoms with Crippen LogP contribution in [0.2, 0.25) is 0 Å². The predicted molar refractivity (Wildman–Crippen MR) is 84.6 cm³/mol. The van der Waals surface area contributed by atoms with E-state index in [1.165, 1.54) is 11.3 Å². The smallest absolute Gasteiger partial charge is 0.271 e. The first-order chi connectivity index (χ1) is 9.29. The molecule has 108 valence electrons. The number of nitrogens with one attached hydrogen (secondary N) is 1. The van der Waals surface area contributed by atoms with Crippen LogP contribution >= 0.6 is 27.3 Å². The van der Waals surface area contributed by atoms with Gasteiger partial charge in [-0.05, 0) is 59.1 Å². The maximum absolute atomic E-state index is 12.2. The first kappa shape index (κ1) is 15.5. The van der Waals surface area contributed by atoms with Crippen molar-refractivity contribution in [2.45, 2.75) is 24.2 Å². The van der Waals surface area contributed by atoms with Gasteiger partial charge >= 0.3 is 0 Å². The van der Waals surface area contributed by atoms with E-state index >= 15 is 0 Å². The van der Waals surface area contributed by atoms with Crippen molar-refractivity contribution in [3.63, 3.8) is 0 Å². The molecule has 7 heteroatoms. The highest BCUT2D eigenvalue weighted by Crippen LogP contribution is 2.31. The monoisotopic (exact) mass is 375 g/mol. The van der Waals surface area contributed by atoms with Crippen LogP contribution < -0.4 is 4.72 Å². The van der Waals surface area contributed by atoms with Gasteiger partial charge in [-0.1, -0.05) is 12.1 Å². The zero-order chi connectivity index (χ0) is 14.9. The lowest BCUT2D eigenvalue weighted by atomic mass is 10.1. The van der Waals surface area contributed by atoms with E-state index in [-0.39, 0.29) is 4.21 Å². The Kier molecular flexibility index (Phi) is 4.53. The van der Waals surface area contributed by atoms with Crippen molar-refractivity contribution in [1.29, 1.82) is 0 Å². The van der Waals surface area contributed by atoms with Gasteiger partial charge in [0, 0.05) is 5.69 Å². The Labute approximate surface area is 130 Å². The third-order valence-electron chi connectivity index (χ3n) is 2.74. The second-order valence-electron chi connectivity index (χ2n) is 4.43. The van der Waals surface area contributed by atoms with Gasteiger partial charge in [-0.25, -0.2) is 8.42 Å². The molecule has 2 N–H and O–H groups in total. The van der Waals surface area contributed by atoms with E-state index in [2.05, 4.69) is 20.7 Å². The summed E-state index contributed by atoms with van der Waals surface area (Å²) in [7, 11) is -3.57. The maximum atomic E-state index is 12.2. The van der Waals surface area contributed by atoms with Crippen LogP contribution in [0.1, 0.15) is 24.2 Å². The summed E-state index contributed by atoms with van der Waals surface area (Å²) in [6.07, 6.45) is -0.573. The number of aliphatic hydroxyl groups excluding tert-OH is 1. The number of aryl methyl sites for hydroxylation is 1. The fraction of sp³-hybridized carbons (Fsp3) is 0.231. The van der Waals surface area contributed by atoms with Crippen LogP contribution in [0.5, 0.6) is 0 Å². The molecule has 0 aliphatic heterocycles. The Morgan fingerprint density at radius 1 is 1.30 bits per heavy atom. The quantitative estimate of drug-likeness (QED) is 0.856. The number of anilines is 1. The fourth-order valence-electron chi connectivity index (χ4n) is 1.60. The summed E-state index contributed by atoms with van der Waals surface area (Å²) in [6, 6.07) is 8.28. The molecule has 2 aromatic rings. The molecule has 1 unspecified atom stereocenters. The van der Waals surface area contributed by atoms with Crippen molar-refractivity contribution in [1.82, 2.24) is 0 Å². The molecule has 0 spiro atoms. The second-order valence-corrected chi connectivity index (χ2v) is 8.70. The molecule has 1 aromatic carbocycles. The SMILES string of the molecule is Cc1cc(S(=O)(=O)Nc2ccc(C(C)O)cc2)sc1Br. The minimum atomic E-state index is -3.57. The van der Waals surface area contributed by atoms with Crippen molar-refractivity contribution in [2.24, 2.45) is 0 Å². The minimum absolute atomic E-state index is 0.265. The van der Waals surface area contributed by atoms with Crippen LogP contribution in [-0.2, 0) is 10.0 Å². The summed E-state index contributed by atoms with van der Waals surface area (Å²) >= 11 is 4.49. The van der Waals surface area contributed by atoms with E-state index in [9.17, 15) is 13.5 Å². The van der Waals surface area contributed by atoms with Gasteiger partial charge in [0.2, 0.25) is 0 Å². The fourth-order valence-corrected chi connectivity index (χ4v) is 4.88. The Bertz CT molecular complexity index is 686. The third-order valence-corrected chi connectivity index (χ3v) is 6.74. The molecule has 1 aromatic heterocycles. The van der Waals surface area contributed by atoms with Crippen LogP contribution in [0.25, 0.3) is 0 Å². The first-order valence-corrected chi connectivity index (χ1v) is 8.95. The topological polar surface area (TPSA) is 66.4 Å². The van der Waals surface area contributed by atoms with Crippen LogP contribution in [-0.4, -0.2) is 13.5 Å². The largest absolute Gasteiger partial charge is 0.389 e. The maximum Gasteiger partial charge on any atom is 0.271 e. The highest BCUT2D eigenvalue weighted by molar-refractivity contribution is 9.11. The van der Waals surface area contributed by atoms with E-state index < -0.39 is 16.1 Å². The van der Waals surface area contributed by atoms with Gasteiger partial charge in [0.15, 0.2) is 0 Å². The molecule has 1 heterocycles. The number of halogens is 1. The van der Waals surface area contributed by atoms with Crippen LogP contribution in [0, 0.1) is 6.92 Å². The molecule has 2 rings (SSSR count). The Morgan fingerprint density at radius 2 is 1.90 bits per heavy atom. The summed E-state index contributed by atoms with van der Waals surface area (Å²) in [4.78, 5) is 0. The van der Waals surface area contributed by atoms with Crippen molar-refractivity contribution in [3.8, 4) is 0 Å². The zero-order valence-corrected chi connectivity index (χ0v) is 14.1. The van der Waals surface area contributed by atoms with E-state index in [1.54, 1.807) is 37.3 Å². The number of sulfonamides is 1. The Balaban J connectivity index is 2.24. The molecule has 0 fully saturated rings. The van der Waals surface area contributed by atoms with Crippen LogP contribution in [0.15, 0.2) is 38.3 Å². The number of hydrogen-bond donors (Lipinski definition) is 2. The van der Waals surface area contributed by atoms with E-state index in [4.69, 9.17) is 0 Å². The minimum Gasteiger partial charge on any atom is -0.389 e. The van der Waals surface area contributed by atoms with Crippen LogP contribution in [0.4, 0.5) is 5.69 Å². The molecular formula is C13H14BrNO3S2. The molecular weight excluding hydrogens is 362 g/mol. The van der Waals surface area contributed by atoms with Crippen molar-refractivity contribution < 1.29 is 13.5 Å². The molecule has 0 amide bonds. The van der Waals surface area contributed by atoms with Gasteiger partial charge in [-0.15, -0.1) is 11.3 Å². The van der Waals surface area contributed by atoms with Crippen molar-refractivity contribution in [2.75, 3.05) is 4.72 Å². The highest BCUT2D eigenvalue weighted by Gasteiger charge is 2.18. The molecule has 0 radical (unpaired) electrons. The average molecular weight is 376 g/mol.